The third kappa shape index (κ3) is 4.23. The van der Waals surface area contributed by atoms with E-state index in [0.29, 0.717) is 24.9 Å². The van der Waals surface area contributed by atoms with E-state index in [-0.39, 0.29) is 5.91 Å². The average Bonchev–Trinajstić information content (AvgIpc) is 3.00. The van der Waals surface area contributed by atoms with E-state index >= 15 is 0 Å². The molecule has 1 amide bonds. The first kappa shape index (κ1) is 17.1. The summed E-state index contributed by atoms with van der Waals surface area (Å²) < 4.78 is 0.997. The van der Waals surface area contributed by atoms with Gasteiger partial charge in [0.1, 0.15) is 0 Å². The van der Waals surface area contributed by atoms with Gasteiger partial charge in [-0.25, -0.2) is 0 Å². The molecule has 3 rings (SSSR count). The van der Waals surface area contributed by atoms with Crippen molar-refractivity contribution in [2.24, 2.45) is 11.7 Å². The van der Waals surface area contributed by atoms with Gasteiger partial charge in [0.2, 0.25) is 5.91 Å². The van der Waals surface area contributed by atoms with Crippen LogP contribution in [-0.4, -0.2) is 37.0 Å². The molecular formula is C19H22BrN3O. The molecule has 0 aromatic heterocycles. The molecule has 0 saturated carbocycles. The van der Waals surface area contributed by atoms with Gasteiger partial charge in [0.05, 0.1) is 6.54 Å². The lowest BCUT2D eigenvalue weighted by molar-refractivity contribution is -0.117. The quantitative estimate of drug-likeness (QED) is 0.828. The first-order chi connectivity index (χ1) is 11.7. The van der Waals surface area contributed by atoms with Crippen LogP contribution < -0.4 is 11.1 Å². The molecule has 1 aliphatic heterocycles. The second-order valence-electron chi connectivity index (χ2n) is 6.26. The number of carbonyl (C=O) groups is 1. The zero-order chi connectivity index (χ0) is 16.9. The molecule has 0 aliphatic carbocycles. The van der Waals surface area contributed by atoms with Crippen molar-refractivity contribution in [1.82, 2.24) is 4.90 Å². The summed E-state index contributed by atoms with van der Waals surface area (Å²) >= 11 is 3.39. The minimum atomic E-state index is 0.0156. The van der Waals surface area contributed by atoms with Crippen molar-refractivity contribution in [2.75, 3.05) is 31.5 Å². The van der Waals surface area contributed by atoms with Gasteiger partial charge >= 0.3 is 0 Å². The van der Waals surface area contributed by atoms with Crippen LogP contribution >= 0.6 is 15.9 Å². The average molecular weight is 388 g/mol. The van der Waals surface area contributed by atoms with Gasteiger partial charge in [0.25, 0.3) is 0 Å². The third-order valence-electron chi connectivity index (χ3n) is 4.54. The van der Waals surface area contributed by atoms with Gasteiger partial charge in [-0.1, -0.05) is 46.3 Å². The topological polar surface area (TPSA) is 58.4 Å². The molecule has 0 spiro atoms. The Kier molecular flexibility index (Phi) is 5.66. The fraction of sp³-hybridized carbons (Fsp3) is 0.316. The summed E-state index contributed by atoms with van der Waals surface area (Å²) in [6, 6.07) is 18.1. The van der Waals surface area contributed by atoms with Crippen molar-refractivity contribution in [3.05, 3.63) is 64.6 Å². The highest BCUT2D eigenvalue weighted by atomic mass is 79.9. The third-order valence-corrected chi connectivity index (χ3v) is 5.07. The molecule has 1 saturated heterocycles. The van der Waals surface area contributed by atoms with E-state index in [2.05, 4.69) is 50.4 Å². The number of benzene rings is 2. The highest BCUT2D eigenvalue weighted by Crippen LogP contribution is 2.31. The molecule has 2 atom stereocenters. The Labute approximate surface area is 151 Å². The van der Waals surface area contributed by atoms with Crippen molar-refractivity contribution >= 4 is 27.5 Å². The molecule has 2 aromatic carbocycles. The molecule has 126 valence electrons. The zero-order valence-electron chi connectivity index (χ0n) is 13.5. The molecule has 0 bridgehead atoms. The van der Waals surface area contributed by atoms with Gasteiger partial charge in [-0.3, -0.25) is 9.69 Å². The Morgan fingerprint density at radius 2 is 1.83 bits per heavy atom. The number of carbonyl (C=O) groups excluding carboxylic acids is 1. The molecule has 0 unspecified atom stereocenters. The lowest BCUT2D eigenvalue weighted by Crippen LogP contribution is -2.32. The molecule has 1 aliphatic rings. The maximum Gasteiger partial charge on any atom is 0.238 e. The van der Waals surface area contributed by atoms with E-state index in [1.54, 1.807) is 0 Å². The Bertz CT molecular complexity index is 675. The standard InChI is InChI=1S/C19H22BrN3O/c20-16-6-8-17(9-7-16)22-19(24)13-23-11-15(10-21)18(12-23)14-4-2-1-3-5-14/h1-9,15,18H,10-13,21H2,(H,22,24)/t15-,18+/m1/s1. The number of amides is 1. The Morgan fingerprint density at radius 3 is 2.50 bits per heavy atom. The number of nitrogens with two attached hydrogens (primary N) is 1. The van der Waals surface area contributed by atoms with E-state index in [1.807, 2.05) is 30.3 Å². The Morgan fingerprint density at radius 1 is 1.12 bits per heavy atom. The lowest BCUT2D eigenvalue weighted by Gasteiger charge is -2.16. The number of nitrogens with one attached hydrogen (secondary N) is 1. The number of hydrogen-bond donors (Lipinski definition) is 2. The number of rotatable bonds is 5. The Hall–Kier alpha value is -1.69. The Balaban J connectivity index is 1.59. The summed E-state index contributed by atoms with van der Waals surface area (Å²) in [4.78, 5) is 14.5. The first-order valence-electron chi connectivity index (χ1n) is 8.18. The monoisotopic (exact) mass is 387 g/mol. The predicted molar refractivity (Wildman–Crippen MR) is 101 cm³/mol. The summed E-state index contributed by atoms with van der Waals surface area (Å²) in [7, 11) is 0. The normalized spacial score (nSPS) is 20.9. The summed E-state index contributed by atoms with van der Waals surface area (Å²) in [6.07, 6.45) is 0. The van der Waals surface area contributed by atoms with Gasteiger partial charge in [0, 0.05) is 29.2 Å². The second kappa shape index (κ2) is 7.92. The van der Waals surface area contributed by atoms with Crippen molar-refractivity contribution in [2.45, 2.75) is 5.92 Å². The molecule has 2 aromatic rings. The maximum atomic E-state index is 12.3. The van der Waals surface area contributed by atoms with Gasteiger partial charge < -0.3 is 11.1 Å². The maximum absolute atomic E-state index is 12.3. The van der Waals surface area contributed by atoms with Crippen LogP contribution in [0.25, 0.3) is 0 Å². The van der Waals surface area contributed by atoms with E-state index in [9.17, 15) is 4.79 Å². The first-order valence-corrected chi connectivity index (χ1v) is 8.98. The molecule has 0 radical (unpaired) electrons. The van der Waals surface area contributed by atoms with E-state index in [4.69, 9.17) is 5.73 Å². The van der Waals surface area contributed by atoms with Gasteiger partial charge in [-0.05, 0) is 42.3 Å². The second-order valence-corrected chi connectivity index (χ2v) is 7.18. The van der Waals surface area contributed by atoms with Crippen LogP contribution in [-0.2, 0) is 4.79 Å². The molecule has 5 heteroatoms. The molecule has 3 N–H and O–H groups in total. The van der Waals surface area contributed by atoms with Gasteiger partial charge in [-0.2, -0.15) is 0 Å². The van der Waals surface area contributed by atoms with Crippen LogP contribution in [0.4, 0.5) is 5.69 Å². The van der Waals surface area contributed by atoms with Crippen LogP contribution in [0.15, 0.2) is 59.1 Å². The summed E-state index contributed by atoms with van der Waals surface area (Å²) in [6.45, 7) is 2.78. The fourth-order valence-electron chi connectivity index (χ4n) is 3.34. The van der Waals surface area contributed by atoms with Crippen molar-refractivity contribution in [1.29, 1.82) is 0 Å². The van der Waals surface area contributed by atoms with Gasteiger partial charge in [0.15, 0.2) is 0 Å². The summed E-state index contributed by atoms with van der Waals surface area (Å²) in [5.41, 5.74) is 8.09. The van der Waals surface area contributed by atoms with E-state index in [1.165, 1.54) is 5.56 Å². The summed E-state index contributed by atoms with van der Waals surface area (Å²) in [5.74, 6) is 0.811. The fourth-order valence-corrected chi connectivity index (χ4v) is 3.61. The largest absolute Gasteiger partial charge is 0.330 e. The molecule has 1 fully saturated rings. The number of hydrogen-bond acceptors (Lipinski definition) is 3. The van der Waals surface area contributed by atoms with Crippen LogP contribution in [0.1, 0.15) is 11.5 Å². The van der Waals surface area contributed by atoms with Crippen molar-refractivity contribution in [3.63, 3.8) is 0 Å². The van der Waals surface area contributed by atoms with Crippen LogP contribution in [0, 0.1) is 5.92 Å². The number of halogens is 1. The molecule has 4 nitrogen and oxygen atoms in total. The molecule has 24 heavy (non-hydrogen) atoms. The molecular weight excluding hydrogens is 366 g/mol. The van der Waals surface area contributed by atoms with Crippen molar-refractivity contribution < 1.29 is 4.79 Å². The van der Waals surface area contributed by atoms with Crippen LogP contribution in [0.3, 0.4) is 0 Å². The number of likely N-dealkylation sites (tertiary alicyclic amines) is 1. The van der Waals surface area contributed by atoms with Crippen LogP contribution in [0.2, 0.25) is 0 Å². The zero-order valence-corrected chi connectivity index (χ0v) is 15.1. The minimum Gasteiger partial charge on any atom is -0.330 e. The number of anilines is 1. The smallest absolute Gasteiger partial charge is 0.238 e. The highest BCUT2D eigenvalue weighted by Gasteiger charge is 2.33. The van der Waals surface area contributed by atoms with Crippen LogP contribution in [0.5, 0.6) is 0 Å². The van der Waals surface area contributed by atoms with E-state index in [0.717, 1.165) is 23.2 Å². The molecule has 1 heterocycles. The lowest BCUT2D eigenvalue weighted by atomic mass is 9.89. The van der Waals surface area contributed by atoms with Gasteiger partial charge in [-0.15, -0.1) is 0 Å². The van der Waals surface area contributed by atoms with Crippen molar-refractivity contribution in [3.8, 4) is 0 Å². The van der Waals surface area contributed by atoms with E-state index < -0.39 is 0 Å². The highest BCUT2D eigenvalue weighted by molar-refractivity contribution is 9.10. The number of nitrogens with zero attached hydrogens (tertiary/aromatic N) is 1. The summed E-state index contributed by atoms with van der Waals surface area (Å²) in [5, 5.41) is 2.95. The minimum absolute atomic E-state index is 0.0156. The predicted octanol–water partition coefficient (Wildman–Crippen LogP) is 3.06. The SMILES string of the molecule is NC[C@@H]1CN(CC(=O)Nc2ccc(Br)cc2)C[C@H]1c1ccccc1.